The van der Waals surface area contributed by atoms with Gasteiger partial charge in [-0.2, -0.15) is 0 Å². The molecular weight excluding hydrogens is 336 g/mol. The van der Waals surface area contributed by atoms with E-state index in [1.807, 2.05) is 6.07 Å². The van der Waals surface area contributed by atoms with Crippen LogP contribution >= 0.6 is 0 Å². The van der Waals surface area contributed by atoms with E-state index in [1.54, 1.807) is 30.4 Å². The topological polar surface area (TPSA) is 99.4 Å². The third-order valence-electron chi connectivity index (χ3n) is 4.20. The molecule has 0 saturated carbocycles. The van der Waals surface area contributed by atoms with E-state index in [0.29, 0.717) is 16.9 Å². The van der Waals surface area contributed by atoms with Gasteiger partial charge in [-0.1, -0.05) is 30.4 Å². The zero-order chi connectivity index (χ0) is 19.1. The van der Waals surface area contributed by atoms with Crippen LogP contribution in [0.3, 0.4) is 0 Å². The molecule has 0 fully saturated rings. The highest BCUT2D eigenvalue weighted by atomic mass is 16.5. The van der Waals surface area contributed by atoms with Crippen LogP contribution in [0.2, 0.25) is 0 Å². The molecule has 0 radical (unpaired) electrons. The van der Waals surface area contributed by atoms with E-state index in [2.05, 4.69) is 0 Å². The molecule has 0 aliphatic rings. The quantitative estimate of drug-likeness (QED) is 0.576. The Morgan fingerprint density at radius 2 is 1.73 bits per heavy atom. The molecule has 2 unspecified atom stereocenters. The third kappa shape index (κ3) is 4.35. The van der Waals surface area contributed by atoms with Gasteiger partial charge in [0.15, 0.2) is 11.5 Å². The molecular formula is C20H24O6. The Labute approximate surface area is 152 Å². The Morgan fingerprint density at radius 1 is 1.00 bits per heavy atom. The van der Waals surface area contributed by atoms with Gasteiger partial charge in [0.2, 0.25) is 0 Å². The highest BCUT2D eigenvalue weighted by Gasteiger charge is 2.26. The normalized spacial score (nSPS) is 13.6. The largest absolute Gasteiger partial charge is 0.504 e. The number of aliphatic hydroxyl groups excluding tert-OH is 3. The van der Waals surface area contributed by atoms with Crippen molar-refractivity contribution in [1.82, 2.24) is 0 Å². The predicted octanol–water partition coefficient (Wildman–Crippen LogP) is 2.22. The summed E-state index contributed by atoms with van der Waals surface area (Å²) in [7, 11) is 2.94. The molecule has 0 amide bonds. The Kier molecular flexibility index (Phi) is 7.03. The summed E-state index contributed by atoms with van der Waals surface area (Å²) in [6, 6.07) is 9.91. The second-order valence-electron chi connectivity index (χ2n) is 5.75. The van der Waals surface area contributed by atoms with Gasteiger partial charge in [-0.25, -0.2) is 0 Å². The summed E-state index contributed by atoms with van der Waals surface area (Å²) in [5.41, 5.74) is 1.98. The minimum atomic E-state index is -1.03. The van der Waals surface area contributed by atoms with Gasteiger partial charge in [-0.15, -0.1) is 0 Å². The average molecular weight is 360 g/mol. The maximum Gasteiger partial charge on any atom is 0.160 e. The molecule has 0 aliphatic carbocycles. The second-order valence-corrected chi connectivity index (χ2v) is 5.75. The number of ether oxygens (including phenoxy) is 2. The number of hydrogen-bond donors (Lipinski definition) is 4. The number of phenols is 1. The molecule has 0 heterocycles. The lowest BCUT2D eigenvalue weighted by Gasteiger charge is -2.24. The standard InChI is InChI=1S/C20H24O6/c1-25-18-10-13(4-3-9-21)5-7-15(18)16(12-22)20(24)14-6-8-17(23)19(11-14)26-2/h3-8,10-11,16,20-24H,9,12H2,1-2H3/b4-3-. The maximum absolute atomic E-state index is 10.8. The number of methoxy groups -OCH3 is 2. The fourth-order valence-corrected chi connectivity index (χ4v) is 2.81. The van der Waals surface area contributed by atoms with Crippen LogP contribution in [0.1, 0.15) is 28.7 Å². The van der Waals surface area contributed by atoms with Crippen LogP contribution in [0.25, 0.3) is 6.08 Å². The Morgan fingerprint density at radius 3 is 2.35 bits per heavy atom. The summed E-state index contributed by atoms with van der Waals surface area (Å²) in [4.78, 5) is 0. The van der Waals surface area contributed by atoms with Gasteiger partial charge < -0.3 is 29.9 Å². The van der Waals surface area contributed by atoms with Crippen LogP contribution in [0, 0.1) is 0 Å². The molecule has 26 heavy (non-hydrogen) atoms. The van der Waals surface area contributed by atoms with Crippen LogP contribution < -0.4 is 9.47 Å². The first kappa shape index (κ1) is 19.8. The van der Waals surface area contributed by atoms with Gasteiger partial charge in [0, 0.05) is 11.5 Å². The van der Waals surface area contributed by atoms with Gasteiger partial charge in [0.1, 0.15) is 5.75 Å². The van der Waals surface area contributed by atoms with Gasteiger partial charge in [0.25, 0.3) is 0 Å². The monoisotopic (exact) mass is 360 g/mol. The molecule has 2 aromatic rings. The molecule has 6 heteroatoms. The van der Waals surface area contributed by atoms with E-state index in [0.717, 1.165) is 5.56 Å². The van der Waals surface area contributed by atoms with Crippen LogP contribution in [0.15, 0.2) is 42.5 Å². The molecule has 4 N–H and O–H groups in total. The first-order valence-corrected chi connectivity index (χ1v) is 8.16. The van der Waals surface area contributed by atoms with Gasteiger partial charge >= 0.3 is 0 Å². The number of hydrogen-bond acceptors (Lipinski definition) is 6. The van der Waals surface area contributed by atoms with Crippen molar-refractivity contribution in [2.75, 3.05) is 27.4 Å². The number of phenolic OH excluding ortho intramolecular Hbond substituents is 1. The zero-order valence-corrected chi connectivity index (χ0v) is 14.8. The van der Waals surface area contributed by atoms with Crippen molar-refractivity contribution in [2.24, 2.45) is 0 Å². The van der Waals surface area contributed by atoms with Crippen molar-refractivity contribution in [3.8, 4) is 17.2 Å². The van der Waals surface area contributed by atoms with Crippen molar-refractivity contribution < 1.29 is 29.9 Å². The van der Waals surface area contributed by atoms with E-state index in [9.17, 15) is 15.3 Å². The molecule has 2 aromatic carbocycles. The van der Waals surface area contributed by atoms with E-state index >= 15 is 0 Å². The lowest BCUT2D eigenvalue weighted by atomic mass is 9.88. The highest BCUT2D eigenvalue weighted by Crippen LogP contribution is 2.38. The molecule has 6 nitrogen and oxygen atoms in total. The molecule has 140 valence electrons. The van der Waals surface area contributed by atoms with Crippen LogP contribution in [-0.2, 0) is 0 Å². The Balaban J connectivity index is 2.39. The van der Waals surface area contributed by atoms with Gasteiger partial charge in [-0.05, 0) is 29.3 Å². The fourth-order valence-electron chi connectivity index (χ4n) is 2.81. The van der Waals surface area contributed by atoms with Crippen molar-refractivity contribution >= 4 is 6.08 Å². The molecule has 0 aliphatic heterocycles. The SMILES string of the molecule is COc1cc(C(O)C(CO)c2ccc(/C=C\CO)cc2OC)ccc1O. The van der Waals surface area contributed by atoms with Gasteiger partial charge in [0.05, 0.1) is 33.5 Å². The first-order valence-electron chi connectivity index (χ1n) is 8.16. The summed E-state index contributed by atoms with van der Waals surface area (Å²) in [5.74, 6) is 0.111. The van der Waals surface area contributed by atoms with Crippen molar-refractivity contribution in [3.63, 3.8) is 0 Å². The van der Waals surface area contributed by atoms with Crippen molar-refractivity contribution in [3.05, 3.63) is 59.2 Å². The van der Waals surface area contributed by atoms with Crippen LogP contribution in [-0.4, -0.2) is 47.9 Å². The molecule has 0 saturated heterocycles. The zero-order valence-electron chi connectivity index (χ0n) is 14.8. The Bertz CT molecular complexity index is 756. The lowest BCUT2D eigenvalue weighted by molar-refractivity contribution is 0.105. The summed E-state index contributed by atoms with van der Waals surface area (Å²) >= 11 is 0. The third-order valence-corrected chi connectivity index (χ3v) is 4.20. The van der Waals surface area contributed by atoms with E-state index < -0.39 is 12.0 Å². The number of rotatable bonds is 8. The van der Waals surface area contributed by atoms with Gasteiger partial charge in [-0.3, -0.25) is 0 Å². The van der Waals surface area contributed by atoms with Crippen molar-refractivity contribution in [1.29, 1.82) is 0 Å². The van der Waals surface area contributed by atoms with Crippen LogP contribution in [0.4, 0.5) is 0 Å². The highest BCUT2D eigenvalue weighted by molar-refractivity contribution is 5.55. The Hall–Kier alpha value is -2.54. The predicted molar refractivity (Wildman–Crippen MR) is 98.6 cm³/mol. The molecule has 0 aromatic heterocycles. The summed E-state index contributed by atoms with van der Waals surface area (Å²) in [6.45, 7) is -0.364. The van der Waals surface area contributed by atoms with E-state index in [4.69, 9.17) is 14.6 Å². The second kappa shape index (κ2) is 9.24. The summed E-state index contributed by atoms with van der Waals surface area (Å²) in [6.07, 6.45) is 2.33. The summed E-state index contributed by atoms with van der Waals surface area (Å²) < 4.78 is 10.5. The smallest absolute Gasteiger partial charge is 0.160 e. The number of benzene rings is 2. The fraction of sp³-hybridized carbons (Fsp3) is 0.300. The minimum absolute atomic E-state index is 0.0263. The molecule has 2 atom stereocenters. The molecule has 0 spiro atoms. The van der Waals surface area contributed by atoms with Crippen molar-refractivity contribution in [2.45, 2.75) is 12.0 Å². The van der Waals surface area contributed by atoms with E-state index in [-0.39, 0.29) is 24.7 Å². The lowest BCUT2D eigenvalue weighted by Crippen LogP contribution is -2.16. The number of aromatic hydroxyl groups is 1. The first-order chi connectivity index (χ1) is 12.5. The number of aliphatic hydroxyl groups is 3. The molecule has 0 bridgehead atoms. The average Bonchev–Trinajstić information content (AvgIpc) is 2.67. The molecule has 2 rings (SSSR count). The van der Waals surface area contributed by atoms with E-state index in [1.165, 1.54) is 26.4 Å². The summed E-state index contributed by atoms with van der Waals surface area (Å²) in [5, 5.41) is 39.3. The minimum Gasteiger partial charge on any atom is -0.504 e. The maximum atomic E-state index is 10.8. The van der Waals surface area contributed by atoms with Crippen LogP contribution in [0.5, 0.6) is 17.2 Å².